The molecule has 0 aromatic heterocycles. The molecule has 0 aromatic carbocycles. The summed E-state index contributed by atoms with van der Waals surface area (Å²) in [6.45, 7) is 2.01. The van der Waals surface area contributed by atoms with Gasteiger partial charge in [0.15, 0.2) is 5.78 Å². The van der Waals surface area contributed by atoms with E-state index >= 15 is 0 Å². The molecule has 12 heavy (non-hydrogen) atoms. The van der Waals surface area contributed by atoms with Crippen molar-refractivity contribution in [3.8, 4) is 0 Å². The minimum absolute atomic E-state index is 0.0969. The third-order valence-electron chi connectivity index (χ3n) is 3.73. The van der Waals surface area contributed by atoms with Crippen molar-refractivity contribution in [1.82, 2.24) is 0 Å². The van der Waals surface area contributed by atoms with E-state index in [1.54, 1.807) is 0 Å². The number of hydrogen-bond donors (Lipinski definition) is 1. The zero-order valence-electron chi connectivity index (χ0n) is 7.55. The van der Waals surface area contributed by atoms with Crippen molar-refractivity contribution in [2.24, 2.45) is 11.8 Å². The zero-order valence-corrected chi connectivity index (χ0v) is 7.55. The molecular weight excluding hydrogens is 152 g/mol. The van der Waals surface area contributed by atoms with Crippen LogP contribution in [0, 0.1) is 11.8 Å². The summed E-state index contributed by atoms with van der Waals surface area (Å²) < 4.78 is 0. The van der Waals surface area contributed by atoms with Crippen molar-refractivity contribution in [2.45, 2.75) is 44.6 Å². The van der Waals surface area contributed by atoms with Gasteiger partial charge in [-0.3, -0.25) is 4.79 Å². The van der Waals surface area contributed by atoms with E-state index in [2.05, 4.69) is 0 Å². The summed E-state index contributed by atoms with van der Waals surface area (Å²) in [7, 11) is 0. The highest BCUT2D eigenvalue weighted by atomic mass is 16.3. The summed E-state index contributed by atoms with van der Waals surface area (Å²) in [5, 5.41) is 10.2. The number of carbonyl (C=O) groups is 1. The molecule has 3 atom stereocenters. The SMILES string of the molecule is C[C@@H]1CCC[C@H]2CCC(=O)[C@]21O. The summed E-state index contributed by atoms with van der Waals surface area (Å²) in [5.74, 6) is 0.555. The molecule has 2 rings (SSSR count). The fourth-order valence-electron chi connectivity index (χ4n) is 2.89. The van der Waals surface area contributed by atoms with Crippen molar-refractivity contribution in [3.05, 3.63) is 0 Å². The van der Waals surface area contributed by atoms with E-state index in [-0.39, 0.29) is 17.6 Å². The van der Waals surface area contributed by atoms with Gasteiger partial charge in [0.25, 0.3) is 0 Å². The summed E-state index contributed by atoms with van der Waals surface area (Å²) in [4.78, 5) is 11.5. The standard InChI is InChI=1S/C10H16O2/c1-7-3-2-4-8-5-6-9(11)10(7,8)12/h7-8,12H,2-6H2,1H3/t7-,8+,10-/m1/s1. The monoisotopic (exact) mass is 168 g/mol. The summed E-state index contributed by atoms with van der Waals surface area (Å²) >= 11 is 0. The van der Waals surface area contributed by atoms with Gasteiger partial charge in [-0.25, -0.2) is 0 Å². The Kier molecular flexibility index (Phi) is 1.76. The van der Waals surface area contributed by atoms with Crippen LogP contribution in [-0.4, -0.2) is 16.5 Å². The Labute approximate surface area is 73.0 Å². The summed E-state index contributed by atoms with van der Waals surface area (Å²) in [6.07, 6.45) is 4.76. The summed E-state index contributed by atoms with van der Waals surface area (Å²) in [5.41, 5.74) is -0.932. The molecule has 2 aliphatic carbocycles. The lowest BCUT2D eigenvalue weighted by molar-refractivity contribution is -0.146. The molecule has 2 saturated carbocycles. The Morgan fingerprint density at radius 1 is 1.42 bits per heavy atom. The van der Waals surface area contributed by atoms with Crippen LogP contribution in [0.15, 0.2) is 0 Å². The van der Waals surface area contributed by atoms with Gasteiger partial charge in [-0.2, -0.15) is 0 Å². The van der Waals surface area contributed by atoms with Gasteiger partial charge in [-0.15, -0.1) is 0 Å². The first-order chi connectivity index (χ1) is 5.65. The maximum Gasteiger partial charge on any atom is 0.164 e. The molecule has 2 nitrogen and oxygen atoms in total. The van der Waals surface area contributed by atoms with Gasteiger partial charge in [0.2, 0.25) is 0 Å². The molecule has 0 spiro atoms. The van der Waals surface area contributed by atoms with E-state index in [0.29, 0.717) is 6.42 Å². The number of rotatable bonds is 0. The van der Waals surface area contributed by atoms with Crippen LogP contribution in [0.2, 0.25) is 0 Å². The Morgan fingerprint density at radius 2 is 2.17 bits per heavy atom. The molecule has 0 amide bonds. The van der Waals surface area contributed by atoms with Gasteiger partial charge in [0, 0.05) is 6.42 Å². The van der Waals surface area contributed by atoms with Crippen molar-refractivity contribution >= 4 is 5.78 Å². The van der Waals surface area contributed by atoms with E-state index < -0.39 is 5.60 Å². The lowest BCUT2D eigenvalue weighted by Crippen LogP contribution is -2.48. The fourth-order valence-corrected chi connectivity index (χ4v) is 2.89. The number of fused-ring (bicyclic) bond motifs is 1. The van der Waals surface area contributed by atoms with Crippen LogP contribution < -0.4 is 0 Å². The molecule has 0 aromatic rings. The third kappa shape index (κ3) is 0.875. The van der Waals surface area contributed by atoms with Gasteiger partial charge >= 0.3 is 0 Å². The molecule has 2 aliphatic rings. The second-order valence-corrected chi connectivity index (χ2v) is 4.32. The number of carbonyl (C=O) groups excluding carboxylic acids is 1. The highest BCUT2D eigenvalue weighted by Crippen LogP contribution is 2.46. The minimum atomic E-state index is -0.932. The molecule has 0 radical (unpaired) electrons. The molecule has 0 heterocycles. The Hall–Kier alpha value is -0.370. The zero-order chi connectivity index (χ0) is 8.77. The quantitative estimate of drug-likeness (QED) is 0.595. The Morgan fingerprint density at radius 3 is 2.83 bits per heavy atom. The number of aliphatic hydroxyl groups is 1. The van der Waals surface area contributed by atoms with Crippen molar-refractivity contribution in [1.29, 1.82) is 0 Å². The molecular formula is C10H16O2. The first kappa shape index (κ1) is 8.24. The molecule has 0 aliphatic heterocycles. The van der Waals surface area contributed by atoms with E-state index in [0.717, 1.165) is 19.3 Å². The molecule has 0 unspecified atom stereocenters. The van der Waals surface area contributed by atoms with E-state index in [1.807, 2.05) is 6.92 Å². The first-order valence-corrected chi connectivity index (χ1v) is 4.91. The summed E-state index contributed by atoms with van der Waals surface area (Å²) in [6, 6.07) is 0. The van der Waals surface area contributed by atoms with Crippen LogP contribution in [-0.2, 0) is 4.79 Å². The van der Waals surface area contributed by atoms with Crippen LogP contribution >= 0.6 is 0 Å². The molecule has 2 heteroatoms. The van der Waals surface area contributed by atoms with Gasteiger partial charge < -0.3 is 5.11 Å². The average molecular weight is 168 g/mol. The van der Waals surface area contributed by atoms with Gasteiger partial charge in [0.1, 0.15) is 5.60 Å². The van der Waals surface area contributed by atoms with Crippen LogP contribution in [0.5, 0.6) is 0 Å². The fraction of sp³-hybridized carbons (Fsp3) is 0.900. The number of Topliss-reactive ketones (excluding diaryl/α,β-unsaturated/α-hetero) is 1. The molecule has 1 N–H and O–H groups in total. The molecule has 2 fully saturated rings. The van der Waals surface area contributed by atoms with Crippen LogP contribution in [0.4, 0.5) is 0 Å². The van der Waals surface area contributed by atoms with Gasteiger partial charge in [0.05, 0.1) is 0 Å². The van der Waals surface area contributed by atoms with E-state index in [9.17, 15) is 9.90 Å². The van der Waals surface area contributed by atoms with Crippen LogP contribution in [0.1, 0.15) is 39.0 Å². The molecule has 0 saturated heterocycles. The van der Waals surface area contributed by atoms with Crippen molar-refractivity contribution in [2.75, 3.05) is 0 Å². The lowest BCUT2D eigenvalue weighted by Gasteiger charge is -2.38. The van der Waals surface area contributed by atoms with E-state index in [1.165, 1.54) is 6.42 Å². The molecule has 68 valence electrons. The highest BCUT2D eigenvalue weighted by Gasteiger charge is 2.53. The second kappa shape index (κ2) is 2.56. The smallest absolute Gasteiger partial charge is 0.164 e. The Balaban J connectivity index is 2.30. The van der Waals surface area contributed by atoms with Gasteiger partial charge in [-0.1, -0.05) is 13.3 Å². The maximum absolute atomic E-state index is 11.5. The number of ketones is 1. The largest absolute Gasteiger partial charge is 0.382 e. The number of hydrogen-bond acceptors (Lipinski definition) is 2. The first-order valence-electron chi connectivity index (χ1n) is 4.91. The lowest BCUT2D eigenvalue weighted by atomic mass is 9.70. The topological polar surface area (TPSA) is 37.3 Å². The predicted octanol–water partition coefficient (Wildman–Crippen LogP) is 1.52. The van der Waals surface area contributed by atoms with Crippen molar-refractivity contribution in [3.63, 3.8) is 0 Å². The normalized spacial score (nSPS) is 47.7. The van der Waals surface area contributed by atoms with Gasteiger partial charge in [-0.05, 0) is 31.1 Å². The second-order valence-electron chi connectivity index (χ2n) is 4.32. The van der Waals surface area contributed by atoms with Crippen LogP contribution in [0.25, 0.3) is 0 Å². The highest BCUT2D eigenvalue weighted by molar-refractivity contribution is 5.90. The van der Waals surface area contributed by atoms with Crippen molar-refractivity contribution < 1.29 is 9.90 Å². The average Bonchev–Trinajstić information content (AvgIpc) is 2.33. The van der Waals surface area contributed by atoms with E-state index in [4.69, 9.17) is 0 Å². The molecule has 0 bridgehead atoms. The Bertz CT molecular complexity index is 212. The minimum Gasteiger partial charge on any atom is -0.382 e. The third-order valence-corrected chi connectivity index (χ3v) is 3.73. The van der Waals surface area contributed by atoms with Crippen LogP contribution in [0.3, 0.4) is 0 Å². The maximum atomic E-state index is 11.5. The predicted molar refractivity (Wildman–Crippen MR) is 45.7 cm³/mol.